The lowest BCUT2D eigenvalue weighted by Crippen LogP contribution is -2.35. The third-order valence-corrected chi connectivity index (χ3v) is 6.98. The van der Waals surface area contributed by atoms with E-state index in [0.29, 0.717) is 31.7 Å². The highest BCUT2D eigenvalue weighted by atomic mass is 32.2. The van der Waals surface area contributed by atoms with Crippen LogP contribution in [0.15, 0.2) is 33.7 Å². The second-order valence-corrected chi connectivity index (χ2v) is 8.85. The number of piperidine rings is 1. The first kappa shape index (κ1) is 18.1. The van der Waals surface area contributed by atoms with Crippen molar-refractivity contribution in [2.75, 3.05) is 26.2 Å². The van der Waals surface area contributed by atoms with E-state index in [-0.39, 0.29) is 22.5 Å². The van der Waals surface area contributed by atoms with Gasteiger partial charge in [0.25, 0.3) is 0 Å². The first-order chi connectivity index (χ1) is 13.1. The van der Waals surface area contributed by atoms with Gasteiger partial charge < -0.3 is 9.42 Å². The number of aromatic nitrogens is 2. The van der Waals surface area contributed by atoms with Crippen LogP contribution in [0.2, 0.25) is 0 Å². The maximum absolute atomic E-state index is 12.7. The van der Waals surface area contributed by atoms with Crippen molar-refractivity contribution in [3.05, 3.63) is 30.2 Å². The summed E-state index contributed by atoms with van der Waals surface area (Å²) in [7, 11) is -3.47. The zero-order valence-electron chi connectivity index (χ0n) is 15.0. The number of carbonyl (C=O) groups excluding carboxylic acids is 1. The van der Waals surface area contributed by atoms with Crippen LogP contribution < -0.4 is 0 Å². The molecular formula is C18H22N4O4S. The summed E-state index contributed by atoms with van der Waals surface area (Å²) in [5.74, 6) is -0.00747. The smallest absolute Gasteiger partial charge is 0.316 e. The molecule has 144 valence electrons. The molecule has 0 spiro atoms. The number of carbonyl (C=O) groups is 1. The third kappa shape index (κ3) is 3.61. The van der Waals surface area contributed by atoms with E-state index < -0.39 is 10.0 Å². The minimum absolute atomic E-state index is 0.0306. The molecule has 3 heterocycles. The molecule has 2 aliphatic rings. The van der Waals surface area contributed by atoms with Gasteiger partial charge in [0.1, 0.15) is 0 Å². The van der Waals surface area contributed by atoms with Gasteiger partial charge in [-0.25, -0.2) is 8.42 Å². The zero-order valence-corrected chi connectivity index (χ0v) is 15.8. The molecular weight excluding hydrogens is 368 g/mol. The molecule has 0 radical (unpaired) electrons. The van der Waals surface area contributed by atoms with Crippen LogP contribution in [0.4, 0.5) is 0 Å². The number of benzene rings is 1. The molecule has 4 rings (SSSR count). The van der Waals surface area contributed by atoms with Crippen molar-refractivity contribution >= 4 is 15.9 Å². The van der Waals surface area contributed by atoms with E-state index in [9.17, 15) is 13.2 Å². The Bertz CT molecular complexity index is 911. The summed E-state index contributed by atoms with van der Waals surface area (Å²) in [6.07, 6.45) is 4.84. The second-order valence-electron chi connectivity index (χ2n) is 6.91. The predicted octanol–water partition coefficient (Wildman–Crippen LogP) is 2.15. The van der Waals surface area contributed by atoms with Crippen molar-refractivity contribution in [2.24, 2.45) is 0 Å². The summed E-state index contributed by atoms with van der Waals surface area (Å²) in [5.41, 5.74) is 0.608. The van der Waals surface area contributed by atoms with E-state index in [0.717, 1.165) is 32.1 Å². The van der Waals surface area contributed by atoms with E-state index in [1.165, 1.54) is 4.31 Å². The fourth-order valence-corrected chi connectivity index (χ4v) is 5.03. The highest BCUT2D eigenvalue weighted by Crippen LogP contribution is 2.24. The van der Waals surface area contributed by atoms with E-state index in [2.05, 4.69) is 10.1 Å². The molecule has 0 N–H and O–H groups in total. The number of sulfonamides is 1. The van der Waals surface area contributed by atoms with Crippen LogP contribution in [0.3, 0.4) is 0 Å². The van der Waals surface area contributed by atoms with Crippen LogP contribution in [0, 0.1) is 0 Å². The molecule has 0 unspecified atom stereocenters. The molecule has 9 heteroatoms. The molecule has 0 saturated carbocycles. The number of nitrogens with zero attached hydrogens (tertiary/aromatic N) is 4. The first-order valence-corrected chi connectivity index (χ1v) is 10.7. The Morgan fingerprint density at radius 2 is 1.56 bits per heavy atom. The molecule has 0 bridgehead atoms. The first-order valence-electron chi connectivity index (χ1n) is 9.29. The van der Waals surface area contributed by atoms with E-state index in [4.69, 9.17) is 4.52 Å². The number of rotatable bonds is 4. The fourth-order valence-electron chi connectivity index (χ4n) is 3.51. The van der Waals surface area contributed by atoms with Gasteiger partial charge in [0, 0.05) is 31.7 Å². The van der Waals surface area contributed by atoms with Crippen molar-refractivity contribution in [1.29, 1.82) is 0 Å². The number of hydrogen-bond acceptors (Lipinski definition) is 6. The van der Waals surface area contributed by atoms with Crippen LogP contribution in [0.25, 0.3) is 11.4 Å². The molecule has 1 aromatic carbocycles. The molecule has 0 atom stereocenters. The van der Waals surface area contributed by atoms with Crippen LogP contribution in [0.1, 0.15) is 42.8 Å². The lowest BCUT2D eigenvalue weighted by molar-refractivity contribution is 0.0743. The van der Waals surface area contributed by atoms with Crippen molar-refractivity contribution in [2.45, 2.75) is 37.0 Å². The summed E-state index contributed by atoms with van der Waals surface area (Å²) in [5, 5.41) is 3.87. The Kier molecular flexibility index (Phi) is 4.96. The minimum atomic E-state index is -3.47. The fraction of sp³-hybridized carbons (Fsp3) is 0.500. The Morgan fingerprint density at radius 3 is 2.22 bits per heavy atom. The molecule has 8 nitrogen and oxygen atoms in total. The molecule has 27 heavy (non-hydrogen) atoms. The van der Waals surface area contributed by atoms with Crippen LogP contribution in [-0.4, -0.2) is 59.8 Å². The maximum atomic E-state index is 12.7. The van der Waals surface area contributed by atoms with Gasteiger partial charge in [0.2, 0.25) is 15.8 Å². The van der Waals surface area contributed by atoms with Crippen LogP contribution in [0.5, 0.6) is 0 Å². The Morgan fingerprint density at radius 1 is 0.926 bits per heavy atom. The Labute approximate surface area is 158 Å². The molecule has 1 aromatic heterocycles. The van der Waals surface area contributed by atoms with E-state index in [1.807, 2.05) is 0 Å². The quantitative estimate of drug-likeness (QED) is 0.794. The second kappa shape index (κ2) is 7.40. The van der Waals surface area contributed by atoms with Gasteiger partial charge in [-0.15, -0.1) is 0 Å². The Hall–Kier alpha value is -2.26. The van der Waals surface area contributed by atoms with Gasteiger partial charge in [0.15, 0.2) is 0 Å². The highest BCUT2D eigenvalue weighted by molar-refractivity contribution is 7.89. The molecule has 2 aliphatic heterocycles. The molecule has 2 fully saturated rings. The van der Waals surface area contributed by atoms with Gasteiger partial charge in [-0.2, -0.15) is 9.29 Å². The van der Waals surface area contributed by atoms with Gasteiger partial charge in [-0.1, -0.05) is 11.6 Å². The van der Waals surface area contributed by atoms with Crippen molar-refractivity contribution in [1.82, 2.24) is 19.3 Å². The van der Waals surface area contributed by atoms with Gasteiger partial charge in [0.05, 0.1) is 4.90 Å². The van der Waals surface area contributed by atoms with Gasteiger partial charge >= 0.3 is 11.8 Å². The summed E-state index contributed by atoms with van der Waals surface area (Å²) in [4.78, 5) is 18.4. The SMILES string of the molecule is O=C(c1nc(-c2ccc(S(=O)(=O)N3CCCCC3)cc2)no1)N1CCCC1. The molecule has 2 aromatic rings. The zero-order chi connectivity index (χ0) is 18.9. The topological polar surface area (TPSA) is 96.6 Å². The van der Waals surface area contributed by atoms with Crippen LogP contribution in [-0.2, 0) is 10.0 Å². The maximum Gasteiger partial charge on any atom is 0.316 e. The minimum Gasteiger partial charge on any atom is -0.334 e. The van der Waals surface area contributed by atoms with E-state index in [1.54, 1.807) is 29.2 Å². The van der Waals surface area contributed by atoms with E-state index >= 15 is 0 Å². The number of likely N-dealkylation sites (tertiary alicyclic amines) is 1. The molecule has 0 aliphatic carbocycles. The summed E-state index contributed by atoms with van der Waals surface area (Å²) < 4.78 is 32.0. The lowest BCUT2D eigenvalue weighted by Gasteiger charge is -2.25. The summed E-state index contributed by atoms with van der Waals surface area (Å²) >= 11 is 0. The Balaban J connectivity index is 1.51. The van der Waals surface area contributed by atoms with Gasteiger partial charge in [-0.05, 0) is 49.9 Å². The van der Waals surface area contributed by atoms with Crippen molar-refractivity contribution in [3.63, 3.8) is 0 Å². The van der Waals surface area contributed by atoms with Crippen LogP contribution >= 0.6 is 0 Å². The lowest BCUT2D eigenvalue weighted by atomic mass is 10.2. The third-order valence-electron chi connectivity index (χ3n) is 5.07. The van der Waals surface area contributed by atoms with Gasteiger partial charge in [-0.3, -0.25) is 4.79 Å². The number of amides is 1. The largest absolute Gasteiger partial charge is 0.334 e. The summed E-state index contributed by atoms with van der Waals surface area (Å²) in [6.45, 7) is 2.55. The monoisotopic (exact) mass is 390 g/mol. The normalized spacial score (nSPS) is 18.7. The molecule has 1 amide bonds. The average Bonchev–Trinajstić information content (AvgIpc) is 3.40. The highest BCUT2D eigenvalue weighted by Gasteiger charge is 2.27. The van der Waals surface area contributed by atoms with Crippen molar-refractivity contribution in [3.8, 4) is 11.4 Å². The summed E-state index contributed by atoms with van der Waals surface area (Å²) in [6, 6.07) is 6.40. The predicted molar refractivity (Wildman–Crippen MR) is 97.5 cm³/mol. The number of hydrogen-bond donors (Lipinski definition) is 0. The molecule has 2 saturated heterocycles. The standard InChI is InChI=1S/C18H22N4O4S/c23-18(21-10-4-5-11-21)17-19-16(20-26-17)14-6-8-15(9-7-14)27(24,25)22-12-2-1-3-13-22/h6-9H,1-5,10-13H2. The average molecular weight is 390 g/mol. The van der Waals surface area contributed by atoms with Crippen molar-refractivity contribution < 1.29 is 17.7 Å².